The summed E-state index contributed by atoms with van der Waals surface area (Å²) in [5, 5.41) is 0. The van der Waals surface area contributed by atoms with E-state index in [4.69, 9.17) is 0 Å². The van der Waals surface area contributed by atoms with Crippen LogP contribution in [0.15, 0.2) is 12.1 Å². The average molecular weight is 244 g/mol. The molecule has 0 bridgehead atoms. The maximum atomic E-state index is 12.7. The number of hydrogen-bond acceptors (Lipinski definition) is 2. The third kappa shape index (κ3) is 3.36. The van der Waals surface area contributed by atoms with Gasteiger partial charge in [0.1, 0.15) is 11.7 Å². The lowest BCUT2D eigenvalue weighted by atomic mass is 10.0. The maximum Gasteiger partial charge on any atom is 0.304 e. The van der Waals surface area contributed by atoms with Crippen molar-refractivity contribution in [1.29, 1.82) is 0 Å². The van der Waals surface area contributed by atoms with Crippen molar-refractivity contribution in [3.05, 3.63) is 28.8 Å². The fraction of sp³-hybridized carbons (Fsp3) is 0.333. The Bertz CT molecular complexity index is 428. The second kappa shape index (κ2) is 5.55. The first kappa shape index (κ1) is 13.3. The lowest BCUT2D eigenvalue weighted by Crippen LogP contribution is -2.19. The molecule has 17 heavy (non-hydrogen) atoms. The minimum Gasteiger partial charge on any atom is -0.454 e. The van der Waals surface area contributed by atoms with Gasteiger partial charge in [-0.25, -0.2) is 13.6 Å². The van der Waals surface area contributed by atoms with Gasteiger partial charge in [0.15, 0.2) is 0 Å². The van der Waals surface area contributed by atoms with Gasteiger partial charge in [0.25, 0.3) is 6.36 Å². The Hall–Kier alpha value is -1.74. The Kier molecular flexibility index (Phi) is 4.35. The molecule has 0 radical (unpaired) electrons. The van der Waals surface area contributed by atoms with Gasteiger partial charge in [-0.1, -0.05) is 0 Å². The molecule has 1 aromatic carbocycles. The Morgan fingerprint density at radius 2 is 1.76 bits per heavy atom. The second-order valence-corrected chi connectivity index (χ2v) is 3.54. The number of alkyl halides is 3. The molecule has 1 aromatic rings. The highest BCUT2D eigenvalue weighted by molar-refractivity contribution is 5.77. The molecule has 0 aromatic heterocycles. The van der Waals surface area contributed by atoms with Crippen LogP contribution in [0.2, 0.25) is 0 Å². The Morgan fingerprint density at radius 1 is 1.24 bits per heavy atom. The number of hydrogen-bond donors (Lipinski definition) is 0. The Morgan fingerprint density at radius 3 is 2.18 bits per heavy atom. The van der Waals surface area contributed by atoms with Crippen molar-refractivity contribution in [2.45, 2.75) is 26.6 Å². The van der Waals surface area contributed by atoms with Gasteiger partial charge >= 0.3 is 6.43 Å². The molecule has 0 saturated carbocycles. The highest BCUT2D eigenvalue weighted by atomic mass is 19.3. The molecule has 1 atom stereocenters. The largest absolute Gasteiger partial charge is 0.454 e. The van der Waals surface area contributed by atoms with E-state index < -0.39 is 12.8 Å². The molecular formula is C12H11F3O2. The molecule has 0 heterocycles. The minimum atomic E-state index is -3.19. The van der Waals surface area contributed by atoms with Crippen LogP contribution in [-0.2, 0) is 4.79 Å². The van der Waals surface area contributed by atoms with Crippen molar-refractivity contribution in [3.63, 3.8) is 0 Å². The number of carbonyl (C=O) groups excluding carboxylic acids is 1. The highest BCUT2D eigenvalue weighted by Crippen LogP contribution is 2.24. The van der Waals surface area contributed by atoms with Crippen molar-refractivity contribution in [3.8, 4) is 5.75 Å². The SMILES string of the molecule is Cc1cc(OC(F)C(F)F)cc(C)c1C=C=O. The van der Waals surface area contributed by atoms with Gasteiger partial charge in [0.2, 0.25) is 0 Å². The van der Waals surface area contributed by atoms with E-state index in [0.29, 0.717) is 16.7 Å². The molecule has 0 amide bonds. The van der Waals surface area contributed by atoms with E-state index in [1.165, 1.54) is 18.2 Å². The van der Waals surface area contributed by atoms with Gasteiger partial charge in [0.05, 0.1) is 0 Å². The standard InChI is InChI=1S/C12H11F3O2/c1-7-5-9(17-12(15)11(13)14)6-8(2)10(7)3-4-16/h3,5-6,11-12H,1-2H3. The molecule has 0 aliphatic heterocycles. The summed E-state index contributed by atoms with van der Waals surface area (Å²) < 4.78 is 41.0. The van der Waals surface area contributed by atoms with E-state index in [0.717, 1.165) is 0 Å². The van der Waals surface area contributed by atoms with Crippen molar-refractivity contribution >= 4 is 12.0 Å². The maximum absolute atomic E-state index is 12.7. The predicted molar refractivity (Wildman–Crippen MR) is 57.6 cm³/mol. The normalized spacial score (nSPS) is 12.1. The van der Waals surface area contributed by atoms with Crippen LogP contribution in [0.25, 0.3) is 6.08 Å². The zero-order chi connectivity index (χ0) is 13.0. The third-order valence-corrected chi connectivity index (χ3v) is 2.22. The first-order valence-electron chi connectivity index (χ1n) is 4.86. The molecule has 1 rings (SSSR count). The summed E-state index contributed by atoms with van der Waals surface area (Å²) in [6, 6.07) is 2.79. The van der Waals surface area contributed by atoms with Crippen LogP contribution in [0.3, 0.4) is 0 Å². The molecule has 0 aliphatic rings. The Labute approximate surface area is 96.7 Å². The number of rotatable bonds is 4. The predicted octanol–water partition coefficient (Wildman–Crippen LogP) is 3.09. The van der Waals surface area contributed by atoms with E-state index in [2.05, 4.69) is 4.74 Å². The Balaban J connectivity index is 3.02. The lowest BCUT2D eigenvalue weighted by molar-refractivity contribution is -0.0669. The summed E-state index contributed by atoms with van der Waals surface area (Å²) in [6.07, 6.45) is -4.61. The quantitative estimate of drug-likeness (QED) is 0.761. The van der Waals surface area contributed by atoms with Gasteiger partial charge in [-0.3, -0.25) is 0 Å². The first-order valence-corrected chi connectivity index (χ1v) is 4.86. The van der Waals surface area contributed by atoms with Crippen LogP contribution in [0.4, 0.5) is 13.2 Å². The summed E-state index contributed by atoms with van der Waals surface area (Å²) in [7, 11) is 0. The molecule has 0 fully saturated rings. The van der Waals surface area contributed by atoms with Crippen molar-refractivity contribution in [2.75, 3.05) is 0 Å². The molecule has 0 spiro atoms. The van der Waals surface area contributed by atoms with Crippen LogP contribution in [0.5, 0.6) is 5.75 Å². The van der Waals surface area contributed by atoms with Gasteiger partial charge in [-0.2, -0.15) is 4.39 Å². The number of ether oxygens (including phenoxy) is 1. The molecular weight excluding hydrogens is 233 g/mol. The molecule has 0 N–H and O–H groups in total. The van der Waals surface area contributed by atoms with Crippen LogP contribution in [-0.4, -0.2) is 18.7 Å². The first-order chi connectivity index (χ1) is 7.95. The van der Waals surface area contributed by atoms with Crippen LogP contribution >= 0.6 is 0 Å². The zero-order valence-electron chi connectivity index (χ0n) is 9.34. The van der Waals surface area contributed by atoms with Crippen LogP contribution in [0, 0.1) is 13.8 Å². The van der Waals surface area contributed by atoms with E-state index >= 15 is 0 Å². The van der Waals surface area contributed by atoms with Gasteiger partial charge in [0, 0.05) is 6.08 Å². The smallest absolute Gasteiger partial charge is 0.304 e. The second-order valence-electron chi connectivity index (χ2n) is 3.54. The molecule has 92 valence electrons. The monoisotopic (exact) mass is 244 g/mol. The minimum absolute atomic E-state index is 0.0100. The van der Waals surface area contributed by atoms with E-state index in [9.17, 15) is 18.0 Å². The molecule has 0 saturated heterocycles. The number of halogens is 3. The third-order valence-electron chi connectivity index (χ3n) is 2.22. The lowest BCUT2D eigenvalue weighted by Gasteiger charge is -2.13. The average Bonchev–Trinajstić information content (AvgIpc) is 2.23. The van der Waals surface area contributed by atoms with E-state index in [-0.39, 0.29) is 5.75 Å². The fourth-order valence-electron chi connectivity index (χ4n) is 1.47. The topological polar surface area (TPSA) is 26.3 Å². The van der Waals surface area contributed by atoms with Gasteiger partial charge in [-0.15, -0.1) is 0 Å². The van der Waals surface area contributed by atoms with Gasteiger partial charge < -0.3 is 4.74 Å². The van der Waals surface area contributed by atoms with Gasteiger partial charge in [-0.05, 0) is 42.7 Å². The fourth-order valence-corrected chi connectivity index (χ4v) is 1.47. The highest BCUT2D eigenvalue weighted by Gasteiger charge is 2.21. The van der Waals surface area contributed by atoms with E-state index in [1.54, 1.807) is 19.8 Å². The molecule has 0 aliphatic carbocycles. The summed E-state index contributed by atoms with van der Waals surface area (Å²) in [6.45, 7) is 3.33. The zero-order valence-corrected chi connectivity index (χ0v) is 9.34. The summed E-state index contributed by atoms with van der Waals surface area (Å²) in [5.41, 5.74) is 1.88. The summed E-state index contributed by atoms with van der Waals surface area (Å²) in [5.74, 6) is 1.64. The molecule has 2 nitrogen and oxygen atoms in total. The van der Waals surface area contributed by atoms with Crippen molar-refractivity contribution in [1.82, 2.24) is 0 Å². The summed E-state index contributed by atoms with van der Waals surface area (Å²) >= 11 is 0. The van der Waals surface area contributed by atoms with Crippen LogP contribution < -0.4 is 4.74 Å². The number of benzene rings is 1. The summed E-state index contributed by atoms with van der Waals surface area (Å²) in [4.78, 5) is 10.3. The number of aryl methyl sites for hydroxylation is 2. The molecule has 5 heteroatoms. The van der Waals surface area contributed by atoms with E-state index in [1.807, 2.05) is 0 Å². The van der Waals surface area contributed by atoms with Crippen LogP contribution in [0.1, 0.15) is 16.7 Å². The van der Waals surface area contributed by atoms with Crippen molar-refractivity contribution in [2.24, 2.45) is 0 Å². The molecule has 1 unspecified atom stereocenters. The van der Waals surface area contributed by atoms with Crippen molar-refractivity contribution < 1.29 is 22.7 Å².